The van der Waals surface area contributed by atoms with Gasteiger partial charge >= 0.3 is 0 Å². The predicted molar refractivity (Wildman–Crippen MR) is 59.6 cm³/mol. The van der Waals surface area contributed by atoms with Crippen molar-refractivity contribution in [1.29, 1.82) is 0 Å². The number of rotatable bonds is 2. The van der Waals surface area contributed by atoms with Crippen LogP contribution in [-0.4, -0.2) is 5.91 Å². The van der Waals surface area contributed by atoms with Crippen LogP contribution < -0.4 is 5.32 Å². The zero-order chi connectivity index (χ0) is 10.7. The van der Waals surface area contributed by atoms with E-state index in [1.165, 1.54) is 12.5 Å². The minimum Gasteiger partial charge on any atom is -0.326 e. The molecule has 0 heterocycles. The Labute approximate surface area is 85.3 Å². The molecule has 0 fully saturated rings. The highest BCUT2D eigenvalue weighted by molar-refractivity contribution is 5.89. The quantitative estimate of drug-likeness (QED) is 0.764. The van der Waals surface area contributed by atoms with Crippen LogP contribution in [0.25, 0.3) is 0 Å². The maximum Gasteiger partial charge on any atom is 0.221 e. The van der Waals surface area contributed by atoms with Gasteiger partial charge in [0.2, 0.25) is 5.91 Å². The highest BCUT2D eigenvalue weighted by Crippen LogP contribution is 2.21. The number of nitrogens with one attached hydrogen (secondary N) is 1. The third kappa shape index (κ3) is 2.59. The fraction of sp³-hybridized carbons (Fsp3) is 0.417. The zero-order valence-corrected chi connectivity index (χ0v) is 9.22. The van der Waals surface area contributed by atoms with Crippen LogP contribution in [0.4, 0.5) is 5.69 Å². The van der Waals surface area contributed by atoms with E-state index >= 15 is 0 Å². The summed E-state index contributed by atoms with van der Waals surface area (Å²) in [7, 11) is 0. The van der Waals surface area contributed by atoms with E-state index in [1.807, 2.05) is 13.0 Å². The van der Waals surface area contributed by atoms with Gasteiger partial charge in [0.1, 0.15) is 0 Å². The second-order valence-corrected chi connectivity index (χ2v) is 3.91. The van der Waals surface area contributed by atoms with Crippen molar-refractivity contribution in [1.82, 2.24) is 0 Å². The summed E-state index contributed by atoms with van der Waals surface area (Å²) < 4.78 is 0. The number of hydrogen-bond donors (Lipinski definition) is 1. The van der Waals surface area contributed by atoms with Gasteiger partial charge < -0.3 is 5.32 Å². The highest BCUT2D eigenvalue weighted by Gasteiger charge is 2.03. The molecule has 1 rings (SSSR count). The van der Waals surface area contributed by atoms with E-state index in [-0.39, 0.29) is 5.91 Å². The van der Waals surface area contributed by atoms with E-state index in [4.69, 9.17) is 0 Å². The Balaban J connectivity index is 2.95. The van der Waals surface area contributed by atoms with Gasteiger partial charge in [0.25, 0.3) is 0 Å². The molecule has 0 unspecified atom stereocenters. The van der Waals surface area contributed by atoms with E-state index in [1.54, 1.807) is 0 Å². The normalized spacial score (nSPS) is 10.4. The number of hydrogen-bond acceptors (Lipinski definition) is 1. The number of anilines is 1. The topological polar surface area (TPSA) is 29.1 Å². The summed E-state index contributed by atoms with van der Waals surface area (Å²) in [4.78, 5) is 10.9. The van der Waals surface area contributed by atoms with Gasteiger partial charge in [0, 0.05) is 12.6 Å². The second-order valence-electron chi connectivity index (χ2n) is 3.91. The van der Waals surface area contributed by atoms with E-state index in [0.717, 1.165) is 11.3 Å². The lowest BCUT2D eigenvalue weighted by Gasteiger charge is -2.10. The first-order valence-corrected chi connectivity index (χ1v) is 4.89. The summed E-state index contributed by atoms with van der Waals surface area (Å²) in [6, 6.07) is 6.14. The van der Waals surface area contributed by atoms with Crippen molar-refractivity contribution in [2.75, 3.05) is 5.32 Å². The molecule has 1 N–H and O–H groups in total. The van der Waals surface area contributed by atoms with Crippen LogP contribution in [0.3, 0.4) is 0 Å². The fourth-order valence-corrected chi connectivity index (χ4v) is 1.38. The summed E-state index contributed by atoms with van der Waals surface area (Å²) >= 11 is 0. The van der Waals surface area contributed by atoms with Crippen molar-refractivity contribution in [3.05, 3.63) is 29.3 Å². The van der Waals surface area contributed by atoms with Crippen LogP contribution in [0.15, 0.2) is 18.2 Å². The molecule has 2 nitrogen and oxygen atoms in total. The number of aryl methyl sites for hydroxylation is 1. The molecule has 0 aliphatic heterocycles. The molecule has 0 spiro atoms. The Morgan fingerprint density at radius 2 is 2.00 bits per heavy atom. The van der Waals surface area contributed by atoms with E-state index in [0.29, 0.717) is 5.92 Å². The summed E-state index contributed by atoms with van der Waals surface area (Å²) in [5.74, 6) is 0.505. The molecule has 0 atom stereocenters. The molecule has 0 saturated heterocycles. The summed E-state index contributed by atoms with van der Waals surface area (Å²) in [6.45, 7) is 7.85. The maximum atomic E-state index is 10.9. The molecule has 2 heteroatoms. The number of benzene rings is 1. The lowest BCUT2D eigenvalue weighted by Crippen LogP contribution is -2.07. The Morgan fingerprint density at radius 1 is 1.36 bits per heavy atom. The molecule has 76 valence electrons. The first-order valence-electron chi connectivity index (χ1n) is 4.89. The Kier molecular flexibility index (Phi) is 3.28. The van der Waals surface area contributed by atoms with Crippen LogP contribution >= 0.6 is 0 Å². The molecule has 0 aromatic heterocycles. The third-order valence-electron chi connectivity index (χ3n) is 2.23. The lowest BCUT2D eigenvalue weighted by atomic mass is 10.0. The van der Waals surface area contributed by atoms with Crippen molar-refractivity contribution in [2.45, 2.75) is 33.6 Å². The molecule has 1 amide bonds. The van der Waals surface area contributed by atoms with E-state index in [9.17, 15) is 4.79 Å². The van der Waals surface area contributed by atoms with Gasteiger partial charge in [-0.25, -0.2) is 0 Å². The SMILES string of the molecule is CC(=O)Nc1ccc(C(C)C)cc1C. The molecule has 1 aromatic rings. The number of carbonyl (C=O) groups is 1. The molecule has 14 heavy (non-hydrogen) atoms. The van der Waals surface area contributed by atoms with Crippen LogP contribution in [0.2, 0.25) is 0 Å². The molecule has 0 radical (unpaired) electrons. The predicted octanol–water partition coefficient (Wildman–Crippen LogP) is 3.08. The average Bonchev–Trinajstić information content (AvgIpc) is 2.07. The molecule has 1 aromatic carbocycles. The van der Waals surface area contributed by atoms with Gasteiger partial charge in [-0.1, -0.05) is 26.0 Å². The van der Waals surface area contributed by atoms with Gasteiger partial charge in [0.15, 0.2) is 0 Å². The minimum atomic E-state index is -0.0228. The van der Waals surface area contributed by atoms with E-state index in [2.05, 4.69) is 31.3 Å². The van der Waals surface area contributed by atoms with Crippen LogP contribution in [0.5, 0.6) is 0 Å². The van der Waals surface area contributed by atoms with Crippen molar-refractivity contribution >= 4 is 11.6 Å². The van der Waals surface area contributed by atoms with Crippen molar-refractivity contribution in [3.63, 3.8) is 0 Å². The first kappa shape index (κ1) is 10.8. The Hall–Kier alpha value is -1.31. The van der Waals surface area contributed by atoms with Crippen LogP contribution in [-0.2, 0) is 4.79 Å². The summed E-state index contributed by atoms with van der Waals surface area (Å²) in [5.41, 5.74) is 3.32. The van der Waals surface area contributed by atoms with Crippen molar-refractivity contribution in [2.24, 2.45) is 0 Å². The van der Waals surface area contributed by atoms with Crippen LogP contribution in [0, 0.1) is 6.92 Å². The van der Waals surface area contributed by atoms with Gasteiger partial charge in [0.05, 0.1) is 0 Å². The van der Waals surface area contributed by atoms with Gasteiger partial charge in [-0.3, -0.25) is 4.79 Å². The fourth-order valence-electron chi connectivity index (χ4n) is 1.38. The Bertz CT molecular complexity index is 342. The zero-order valence-electron chi connectivity index (χ0n) is 9.22. The van der Waals surface area contributed by atoms with E-state index < -0.39 is 0 Å². The monoisotopic (exact) mass is 191 g/mol. The van der Waals surface area contributed by atoms with Gasteiger partial charge in [-0.15, -0.1) is 0 Å². The van der Waals surface area contributed by atoms with Crippen molar-refractivity contribution < 1.29 is 4.79 Å². The first-order chi connectivity index (χ1) is 6.50. The second kappa shape index (κ2) is 4.27. The molecule has 0 aliphatic rings. The molecular formula is C12H17NO. The smallest absolute Gasteiger partial charge is 0.221 e. The van der Waals surface area contributed by atoms with Crippen LogP contribution in [0.1, 0.15) is 37.8 Å². The largest absolute Gasteiger partial charge is 0.326 e. The third-order valence-corrected chi connectivity index (χ3v) is 2.23. The van der Waals surface area contributed by atoms with Crippen molar-refractivity contribution in [3.8, 4) is 0 Å². The molecular weight excluding hydrogens is 174 g/mol. The summed E-state index contributed by atoms with van der Waals surface area (Å²) in [5, 5.41) is 2.80. The highest BCUT2D eigenvalue weighted by atomic mass is 16.1. The number of carbonyl (C=O) groups excluding carboxylic acids is 1. The standard InChI is InChI=1S/C12H17NO/c1-8(2)11-5-6-12(9(3)7-11)13-10(4)14/h5-8H,1-4H3,(H,13,14). The molecule has 0 bridgehead atoms. The maximum absolute atomic E-state index is 10.9. The molecule has 0 saturated carbocycles. The average molecular weight is 191 g/mol. The lowest BCUT2D eigenvalue weighted by molar-refractivity contribution is -0.114. The van der Waals surface area contributed by atoms with Gasteiger partial charge in [-0.05, 0) is 30.0 Å². The minimum absolute atomic E-state index is 0.0228. The summed E-state index contributed by atoms with van der Waals surface area (Å²) in [6.07, 6.45) is 0. The number of amides is 1. The van der Waals surface area contributed by atoms with Gasteiger partial charge in [-0.2, -0.15) is 0 Å². The Morgan fingerprint density at radius 3 is 2.43 bits per heavy atom. The molecule has 0 aliphatic carbocycles.